The van der Waals surface area contributed by atoms with Crippen LogP contribution in [0.3, 0.4) is 0 Å². The Labute approximate surface area is 140 Å². The fraction of sp³-hybridized carbons (Fsp3) is 0.600. The first-order chi connectivity index (χ1) is 11.2. The minimum absolute atomic E-state index is 0.0180. The minimum Gasteiger partial charge on any atom is -0.390 e. The van der Waals surface area contributed by atoms with Crippen LogP contribution in [0.2, 0.25) is 0 Å². The predicted octanol–water partition coefficient (Wildman–Crippen LogP) is 4.25. The van der Waals surface area contributed by atoms with Crippen LogP contribution in [0.4, 0.5) is 0 Å². The molecule has 0 radical (unpaired) electrons. The average Bonchev–Trinajstić information content (AvgIpc) is 2.93. The Balaban J connectivity index is 1.92. The summed E-state index contributed by atoms with van der Waals surface area (Å²) in [6, 6.07) is 10.2. The first-order valence-electron chi connectivity index (χ1n) is 8.84. The Morgan fingerprint density at radius 1 is 1.35 bits per heavy atom. The molecule has 3 heteroatoms. The molecule has 0 saturated carbocycles. The minimum atomic E-state index is -0.410. The number of benzene rings is 1. The van der Waals surface area contributed by atoms with Crippen LogP contribution >= 0.6 is 0 Å². The maximum atomic E-state index is 10.2. The summed E-state index contributed by atoms with van der Waals surface area (Å²) in [6.45, 7) is 6.54. The van der Waals surface area contributed by atoms with Crippen molar-refractivity contribution < 1.29 is 14.6 Å². The SMILES string of the molecule is C=CC[C@@H]1O[C@@H]([C@@H](CCCCC)OCc2ccccc2)C[C@@H]1O. The molecule has 1 fully saturated rings. The van der Waals surface area contributed by atoms with Crippen LogP contribution in [0.1, 0.15) is 51.0 Å². The molecule has 0 aromatic heterocycles. The number of unbranched alkanes of at least 4 members (excludes halogenated alkanes) is 2. The molecule has 128 valence electrons. The van der Waals surface area contributed by atoms with Crippen LogP contribution in [0, 0.1) is 0 Å². The summed E-state index contributed by atoms with van der Waals surface area (Å²) < 4.78 is 12.2. The number of aliphatic hydroxyl groups is 1. The zero-order valence-electron chi connectivity index (χ0n) is 14.2. The van der Waals surface area contributed by atoms with Crippen molar-refractivity contribution >= 4 is 0 Å². The normalized spacial score (nSPS) is 25.4. The summed E-state index contributed by atoms with van der Waals surface area (Å²) in [5.74, 6) is 0. The fourth-order valence-corrected chi connectivity index (χ4v) is 3.13. The van der Waals surface area contributed by atoms with Crippen molar-refractivity contribution in [2.24, 2.45) is 0 Å². The van der Waals surface area contributed by atoms with Gasteiger partial charge in [0.25, 0.3) is 0 Å². The third-order valence-corrected chi connectivity index (χ3v) is 4.47. The highest BCUT2D eigenvalue weighted by molar-refractivity contribution is 5.13. The van der Waals surface area contributed by atoms with Gasteiger partial charge in [-0.05, 0) is 18.4 Å². The molecule has 1 N–H and O–H groups in total. The van der Waals surface area contributed by atoms with E-state index in [9.17, 15) is 5.11 Å². The van der Waals surface area contributed by atoms with E-state index in [0.29, 0.717) is 19.4 Å². The molecule has 0 amide bonds. The van der Waals surface area contributed by atoms with Gasteiger partial charge in [-0.2, -0.15) is 0 Å². The summed E-state index contributed by atoms with van der Waals surface area (Å²) in [6.07, 6.45) is 7.17. The largest absolute Gasteiger partial charge is 0.390 e. The first kappa shape index (κ1) is 18.2. The molecular weight excluding hydrogens is 288 g/mol. The van der Waals surface area contributed by atoms with Crippen LogP contribution in [0.15, 0.2) is 43.0 Å². The number of ether oxygens (including phenoxy) is 2. The second-order valence-electron chi connectivity index (χ2n) is 6.37. The van der Waals surface area contributed by atoms with Crippen molar-refractivity contribution in [2.75, 3.05) is 0 Å². The van der Waals surface area contributed by atoms with Crippen molar-refractivity contribution in [1.29, 1.82) is 0 Å². The van der Waals surface area contributed by atoms with Gasteiger partial charge in [0, 0.05) is 6.42 Å². The summed E-state index contributed by atoms with van der Waals surface area (Å²) >= 11 is 0. The monoisotopic (exact) mass is 318 g/mol. The zero-order valence-corrected chi connectivity index (χ0v) is 14.2. The van der Waals surface area contributed by atoms with E-state index in [-0.39, 0.29) is 18.3 Å². The molecule has 0 spiro atoms. The van der Waals surface area contributed by atoms with Crippen LogP contribution < -0.4 is 0 Å². The highest BCUT2D eigenvalue weighted by atomic mass is 16.6. The lowest BCUT2D eigenvalue weighted by Gasteiger charge is -2.24. The number of hydrogen-bond acceptors (Lipinski definition) is 3. The molecule has 0 bridgehead atoms. The topological polar surface area (TPSA) is 38.7 Å². The van der Waals surface area contributed by atoms with Crippen molar-refractivity contribution in [2.45, 2.75) is 76.5 Å². The highest BCUT2D eigenvalue weighted by Crippen LogP contribution is 2.29. The van der Waals surface area contributed by atoms with Crippen molar-refractivity contribution in [3.63, 3.8) is 0 Å². The van der Waals surface area contributed by atoms with E-state index < -0.39 is 6.10 Å². The lowest BCUT2D eigenvalue weighted by molar-refractivity contribution is -0.0817. The zero-order chi connectivity index (χ0) is 16.5. The van der Waals surface area contributed by atoms with Gasteiger partial charge in [0.05, 0.1) is 31.0 Å². The third-order valence-electron chi connectivity index (χ3n) is 4.47. The average molecular weight is 318 g/mol. The van der Waals surface area contributed by atoms with E-state index >= 15 is 0 Å². The van der Waals surface area contributed by atoms with E-state index in [2.05, 4.69) is 25.6 Å². The van der Waals surface area contributed by atoms with Crippen LogP contribution in [-0.2, 0) is 16.1 Å². The standard InChI is InChI=1S/C20H30O3/c1-3-5-7-13-19(22-15-16-11-8-6-9-12-16)20-14-17(21)18(23-20)10-4-2/h4,6,8-9,11-12,17-21H,2-3,5,7,10,13-15H2,1H3/t17-,18-,19+,20+/m0/s1. The maximum absolute atomic E-state index is 10.2. The third kappa shape index (κ3) is 5.76. The predicted molar refractivity (Wildman–Crippen MR) is 93.3 cm³/mol. The maximum Gasteiger partial charge on any atom is 0.0874 e. The van der Waals surface area contributed by atoms with Gasteiger partial charge < -0.3 is 14.6 Å². The van der Waals surface area contributed by atoms with E-state index in [1.807, 2.05) is 24.3 Å². The fourth-order valence-electron chi connectivity index (χ4n) is 3.13. The van der Waals surface area contributed by atoms with E-state index in [4.69, 9.17) is 9.47 Å². The molecule has 4 atom stereocenters. The summed E-state index contributed by atoms with van der Waals surface area (Å²) in [5, 5.41) is 10.2. The molecule has 0 unspecified atom stereocenters. The number of rotatable bonds is 10. The van der Waals surface area contributed by atoms with Gasteiger partial charge in [0.1, 0.15) is 0 Å². The second-order valence-corrected chi connectivity index (χ2v) is 6.37. The second kappa shape index (κ2) is 9.86. The summed E-state index contributed by atoms with van der Waals surface area (Å²) in [5.41, 5.74) is 1.18. The molecule has 1 aliphatic rings. The lowest BCUT2D eigenvalue weighted by Crippen LogP contribution is -2.29. The van der Waals surface area contributed by atoms with Crippen LogP contribution in [0.25, 0.3) is 0 Å². The number of hydrogen-bond donors (Lipinski definition) is 1. The van der Waals surface area contributed by atoms with Gasteiger partial charge in [-0.15, -0.1) is 6.58 Å². The summed E-state index contributed by atoms with van der Waals surface area (Å²) in [4.78, 5) is 0. The van der Waals surface area contributed by atoms with Crippen LogP contribution in [-0.4, -0.2) is 29.5 Å². The molecule has 1 aromatic carbocycles. The van der Waals surface area contributed by atoms with Crippen molar-refractivity contribution in [3.8, 4) is 0 Å². The van der Waals surface area contributed by atoms with E-state index in [1.54, 1.807) is 0 Å². The van der Waals surface area contributed by atoms with E-state index in [1.165, 1.54) is 18.4 Å². The van der Waals surface area contributed by atoms with Gasteiger partial charge in [0.2, 0.25) is 0 Å². The molecule has 1 aromatic rings. The molecular formula is C20H30O3. The molecule has 1 heterocycles. The quantitative estimate of drug-likeness (QED) is 0.518. The van der Waals surface area contributed by atoms with E-state index in [0.717, 1.165) is 12.8 Å². The Morgan fingerprint density at radius 3 is 2.83 bits per heavy atom. The molecule has 23 heavy (non-hydrogen) atoms. The van der Waals surface area contributed by atoms with Gasteiger partial charge in [-0.1, -0.05) is 62.6 Å². The Kier molecular flexibility index (Phi) is 7.80. The number of aliphatic hydroxyl groups excluding tert-OH is 1. The smallest absolute Gasteiger partial charge is 0.0874 e. The first-order valence-corrected chi connectivity index (χ1v) is 8.84. The Morgan fingerprint density at radius 2 is 2.13 bits per heavy atom. The van der Waals surface area contributed by atoms with Crippen molar-refractivity contribution in [3.05, 3.63) is 48.6 Å². The molecule has 0 aliphatic carbocycles. The molecule has 3 nitrogen and oxygen atoms in total. The Hall–Kier alpha value is -1.16. The molecule has 1 aliphatic heterocycles. The van der Waals surface area contributed by atoms with Gasteiger partial charge in [0.15, 0.2) is 0 Å². The lowest BCUT2D eigenvalue weighted by atomic mass is 10.0. The van der Waals surface area contributed by atoms with Gasteiger partial charge in [-0.25, -0.2) is 0 Å². The van der Waals surface area contributed by atoms with Gasteiger partial charge >= 0.3 is 0 Å². The van der Waals surface area contributed by atoms with Crippen LogP contribution in [0.5, 0.6) is 0 Å². The highest BCUT2D eigenvalue weighted by Gasteiger charge is 2.37. The van der Waals surface area contributed by atoms with Crippen molar-refractivity contribution in [1.82, 2.24) is 0 Å². The summed E-state index contributed by atoms with van der Waals surface area (Å²) in [7, 11) is 0. The molecule has 2 rings (SSSR count). The van der Waals surface area contributed by atoms with Gasteiger partial charge in [-0.3, -0.25) is 0 Å². The molecule has 1 saturated heterocycles. The Bertz CT molecular complexity index is 445.